The lowest BCUT2D eigenvalue weighted by Crippen LogP contribution is -2.36. The van der Waals surface area contributed by atoms with Crippen LogP contribution in [0.25, 0.3) is 0 Å². The molecule has 1 aromatic carbocycles. The van der Waals surface area contributed by atoms with Crippen LogP contribution in [-0.4, -0.2) is 17.5 Å². The van der Waals surface area contributed by atoms with Crippen LogP contribution in [0.5, 0.6) is 0 Å². The molecule has 0 amide bonds. The lowest BCUT2D eigenvalue weighted by molar-refractivity contribution is 0.488. The summed E-state index contributed by atoms with van der Waals surface area (Å²) >= 11 is 1.90. The van der Waals surface area contributed by atoms with Crippen molar-refractivity contribution in [1.82, 2.24) is 5.32 Å². The minimum Gasteiger partial charge on any atom is -0.311 e. The standard InChI is InChI=1S/C15H24FNS/c1-5-15(6-2,18-4)11-17-10-13-9-12(3)7-8-14(13)16/h7-9,17H,5-6,10-11H2,1-4H3. The van der Waals surface area contributed by atoms with Gasteiger partial charge in [0.05, 0.1) is 0 Å². The molecule has 0 saturated heterocycles. The number of aryl methyl sites for hydroxylation is 1. The lowest BCUT2D eigenvalue weighted by atomic mass is 10.0. The predicted molar refractivity (Wildman–Crippen MR) is 79.7 cm³/mol. The molecule has 102 valence electrons. The first-order chi connectivity index (χ1) is 8.56. The summed E-state index contributed by atoms with van der Waals surface area (Å²) in [6, 6.07) is 5.28. The molecule has 0 aliphatic heterocycles. The number of nitrogens with one attached hydrogen (secondary N) is 1. The predicted octanol–water partition coefficient (Wildman–Crippen LogP) is 4.15. The fourth-order valence-corrected chi connectivity index (χ4v) is 2.95. The van der Waals surface area contributed by atoms with Gasteiger partial charge in [0.15, 0.2) is 0 Å². The number of hydrogen-bond acceptors (Lipinski definition) is 2. The maximum Gasteiger partial charge on any atom is 0.127 e. The number of rotatable bonds is 7. The van der Waals surface area contributed by atoms with Gasteiger partial charge in [-0.15, -0.1) is 0 Å². The van der Waals surface area contributed by atoms with E-state index < -0.39 is 0 Å². The molecule has 0 unspecified atom stereocenters. The normalized spacial score (nSPS) is 11.8. The van der Waals surface area contributed by atoms with Gasteiger partial charge in [0.2, 0.25) is 0 Å². The zero-order chi connectivity index (χ0) is 13.6. The Hall–Kier alpha value is -0.540. The van der Waals surface area contributed by atoms with E-state index in [0.717, 1.165) is 30.5 Å². The second-order valence-electron chi connectivity index (χ2n) is 4.79. The molecule has 0 aliphatic carbocycles. The van der Waals surface area contributed by atoms with Crippen molar-refractivity contribution in [2.45, 2.75) is 44.9 Å². The van der Waals surface area contributed by atoms with Crippen molar-refractivity contribution in [3.05, 3.63) is 35.1 Å². The van der Waals surface area contributed by atoms with Crippen LogP contribution in [0.15, 0.2) is 18.2 Å². The minimum atomic E-state index is -0.115. The second-order valence-corrected chi connectivity index (χ2v) is 6.07. The molecule has 3 heteroatoms. The van der Waals surface area contributed by atoms with E-state index in [-0.39, 0.29) is 10.6 Å². The Labute approximate surface area is 115 Å². The first kappa shape index (κ1) is 15.5. The summed E-state index contributed by atoms with van der Waals surface area (Å²) < 4.78 is 13.9. The van der Waals surface area contributed by atoms with E-state index in [2.05, 4.69) is 25.4 Å². The Balaban J connectivity index is 2.57. The molecule has 1 N–H and O–H groups in total. The summed E-state index contributed by atoms with van der Waals surface area (Å²) in [7, 11) is 0. The highest BCUT2D eigenvalue weighted by atomic mass is 32.2. The Morgan fingerprint density at radius 1 is 1.28 bits per heavy atom. The summed E-state index contributed by atoms with van der Waals surface area (Å²) in [5, 5.41) is 3.40. The second kappa shape index (κ2) is 7.15. The van der Waals surface area contributed by atoms with Gasteiger partial charge in [0.25, 0.3) is 0 Å². The van der Waals surface area contributed by atoms with Crippen LogP contribution in [-0.2, 0) is 6.54 Å². The summed E-state index contributed by atoms with van der Waals surface area (Å²) in [5.74, 6) is -0.115. The van der Waals surface area contributed by atoms with E-state index in [1.807, 2.05) is 30.8 Å². The fraction of sp³-hybridized carbons (Fsp3) is 0.600. The lowest BCUT2D eigenvalue weighted by Gasteiger charge is -2.30. The Morgan fingerprint density at radius 2 is 1.94 bits per heavy atom. The molecule has 0 aromatic heterocycles. The van der Waals surface area contributed by atoms with Gasteiger partial charge in [-0.3, -0.25) is 0 Å². The monoisotopic (exact) mass is 269 g/mol. The fourth-order valence-electron chi connectivity index (χ4n) is 2.12. The first-order valence-electron chi connectivity index (χ1n) is 6.57. The largest absolute Gasteiger partial charge is 0.311 e. The van der Waals surface area contributed by atoms with Crippen LogP contribution in [0.4, 0.5) is 4.39 Å². The van der Waals surface area contributed by atoms with Crippen molar-refractivity contribution in [3.63, 3.8) is 0 Å². The highest BCUT2D eigenvalue weighted by Crippen LogP contribution is 2.29. The van der Waals surface area contributed by atoms with Crippen LogP contribution in [0.1, 0.15) is 37.8 Å². The van der Waals surface area contributed by atoms with Gasteiger partial charge in [0.1, 0.15) is 5.82 Å². The molecule has 0 atom stereocenters. The van der Waals surface area contributed by atoms with E-state index in [1.165, 1.54) is 0 Å². The summed E-state index contributed by atoms with van der Waals surface area (Å²) in [4.78, 5) is 0. The maximum absolute atomic E-state index is 13.6. The topological polar surface area (TPSA) is 12.0 Å². The third-order valence-electron chi connectivity index (χ3n) is 3.69. The number of thioether (sulfide) groups is 1. The van der Waals surface area contributed by atoms with Gasteiger partial charge in [0, 0.05) is 23.4 Å². The number of benzene rings is 1. The number of hydrogen-bond donors (Lipinski definition) is 1. The quantitative estimate of drug-likeness (QED) is 0.798. The van der Waals surface area contributed by atoms with Gasteiger partial charge in [-0.1, -0.05) is 31.5 Å². The summed E-state index contributed by atoms with van der Waals surface area (Å²) in [5.41, 5.74) is 1.87. The van der Waals surface area contributed by atoms with E-state index >= 15 is 0 Å². The molecule has 0 bridgehead atoms. The van der Waals surface area contributed by atoms with Gasteiger partial charge < -0.3 is 5.32 Å². The van der Waals surface area contributed by atoms with Gasteiger partial charge in [-0.2, -0.15) is 11.8 Å². The van der Waals surface area contributed by atoms with Crippen molar-refractivity contribution in [2.75, 3.05) is 12.8 Å². The first-order valence-corrected chi connectivity index (χ1v) is 7.80. The van der Waals surface area contributed by atoms with Crippen molar-refractivity contribution in [1.29, 1.82) is 0 Å². The zero-order valence-electron chi connectivity index (χ0n) is 11.8. The Bertz CT molecular complexity index is 366. The van der Waals surface area contributed by atoms with Crippen LogP contribution >= 0.6 is 11.8 Å². The van der Waals surface area contributed by atoms with Gasteiger partial charge in [-0.05, 0) is 32.1 Å². The molecule has 1 nitrogen and oxygen atoms in total. The molecule has 0 aliphatic rings. The van der Waals surface area contributed by atoms with Gasteiger partial charge in [-0.25, -0.2) is 4.39 Å². The average Bonchev–Trinajstić information content (AvgIpc) is 2.39. The SMILES string of the molecule is CCC(CC)(CNCc1cc(C)ccc1F)SC. The Morgan fingerprint density at radius 3 is 2.50 bits per heavy atom. The molecule has 18 heavy (non-hydrogen) atoms. The summed E-state index contributed by atoms with van der Waals surface area (Å²) in [6.45, 7) is 7.96. The van der Waals surface area contributed by atoms with Crippen molar-refractivity contribution >= 4 is 11.8 Å². The molecular weight excluding hydrogens is 245 g/mol. The molecular formula is C15H24FNS. The molecule has 0 spiro atoms. The van der Waals surface area contributed by atoms with E-state index in [4.69, 9.17) is 0 Å². The number of halogens is 1. The van der Waals surface area contributed by atoms with Crippen LogP contribution < -0.4 is 5.32 Å². The van der Waals surface area contributed by atoms with Crippen LogP contribution in [0.2, 0.25) is 0 Å². The molecule has 0 radical (unpaired) electrons. The average molecular weight is 269 g/mol. The molecule has 0 heterocycles. The van der Waals surface area contributed by atoms with Crippen molar-refractivity contribution < 1.29 is 4.39 Å². The smallest absolute Gasteiger partial charge is 0.127 e. The summed E-state index contributed by atoms with van der Waals surface area (Å²) in [6.07, 6.45) is 4.42. The van der Waals surface area contributed by atoms with Crippen molar-refractivity contribution in [2.24, 2.45) is 0 Å². The minimum absolute atomic E-state index is 0.115. The molecule has 1 aromatic rings. The van der Waals surface area contributed by atoms with Crippen LogP contribution in [0.3, 0.4) is 0 Å². The third-order valence-corrected chi connectivity index (χ3v) is 5.27. The molecule has 0 fully saturated rings. The van der Waals surface area contributed by atoms with Crippen molar-refractivity contribution in [3.8, 4) is 0 Å². The van der Waals surface area contributed by atoms with E-state index in [1.54, 1.807) is 6.07 Å². The highest BCUT2D eigenvalue weighted by molar-refractivity contribution is 8.00. The van der Waals surface area contributed by atoms with Crippen LogP contribution in [0, 0.1) is 12.7 Å². The van der Waals surface area contributed by atoms with Gasteiger partial charge >= 0.3 is 0 Å². The van der Waals surface area contributed by atoms with E-state index in [9.17, 15) is 4.39 Å². The zero-order valence-corrected chi connectivity index (χ0v) is 12.7. The molecule has 0 saturated carbocycles. The highest BCUT2D eigenvalue weighted by Gasteiger charge is 2.24. The maximum atomic E-state index is 13.6. The Kier molecular flexibility index (Phi) is 6.16. The third kappa shape index (κ3) is 3.99. The molecule has 1 rings (SSSR count). The van der Waals surface area contributed by atoms with E-state index in [0.29, 0.717) is 6.54 Å².